The average molecular weight is 1030 g/mol. The predicted molar refractivity (Wildman–Crippen MR) is 268 cm³/mol. The van der Waals surface area contributed by atoms with Gasteiger partial charge in [-0.2, -0.15) is 8.42 Å². The first-order valence-corrected chi connectivity index (χ1v) is 24.5. The van der Waals surface area contributed by atoms with Gasteiger partial charge in [0.15, 0.2) is 0 Å². The van der Waals surface area contributed by atoms with E-state index in [0.717, 1.165) is 64.8 Å². The van der Waals surface area contributed by atoms with E-state index in [1.54, 1.807) is 0 Å². The highest BCUT2D eigenvalue weighted by molar-refractivity contribution is 9.10. The van der Waals surface area contributed by atoms with E-state index >= 15 is 0 Å². The number of hydrogen-bond donors (Lipinski definition) is 0. The van der Waals surface area contributed by atoms with Crippen molar-refractivity contribution >= 4 is 99.9 Å². The summed E-state index contributed by atoms with van der Waals surface area (Å²) in [5, 5.41) is 4.65. The van der Waals surface area contributed by atoms with Crippen molar-refractivity contribution in [2.75, 3.05) is 0 Å². The lowest BCUT2D eigenvalue weighted by Crippen LogP contribution is -1.97. The van der Waals surface area contributed by atoms with Crippen LogP contribution in [0.2, 0.25) is 0 Å². The Morgan fingerprint density at radius 3 is 0.869 bits per heavy atom. The Hall–Kier alpha value is -4.54. The van der Waals surface area contributed by atoms with Gasteiger partial charge in [-0.25, -0.2) is 0 Å². The lowest BCUT2D eigenvalue weighted by atomic mass is 10.0. The molecule has 8 aromatic rings. The summed E-state index contributed by atoms with van der Waals surface area (Å²) in [6.07, 6.45) is 0. The van der Waals surface area contributed by atoms with E-state index in [1.165, 1.54) is 10.6 Å². The second-order valence-electron chi connectivity index (χ2n) is 12.6. The van der Waals surface area contributed by atoms with Crippen LogP contribution in [0, 0.1) is 0 Å². The third-order valence-electron chi connectivity index (χ3n) is 8.45. The molecule has 0 radical (unpaired) electrons. The standard InChI is InChI=1S/2C24H19BrO2P2.O2S/c2*25-18-15-16-22(24(17-18)27-29-20-11-5-2-6-12-20)21-13-7-8-14-23(21)26-28-19-9-3-1-4-10-19;1-3-2/h2*1-17,28-29H;. The van der Waals surface area contributed by atoms with Gasteiger partial charge in [0.2, 0.25) is 0 Å². The molecule has 0 heterocycles. The minimum absolute atomic E-state index is 0.235. The maximum absolute atomic E-state index is 8.29. The highest BCUT2D eigenvalue weighted by atomic mass is 79.9. The summed E-state index contributed by atoms with van der Waals surface area (Å²) in [5.41, 5.74) is 4.09. The van der Waals surface area contributed by atoms with Crippen molar-refractivity contribution < 1.29 is 26.5 Å². The van der Waals surface area contributed by atoms with E-state index in [4.69, 9.17) is 26.5 Å². The van der Waals surface area contributed by atoms with Crippen molar-refractivity contribution in [1.82, 2.24) is 0 Å². The first kappa shape index (κ1) is 46.0. The van der Waals surface area contributed by atoms with Crippen LogP contribution >= 0.6 is 67.1 Å². The van der Waals surface area contributed by atoms with E-state index in [0.29, 0.717) is 0 Å². The van der Waals surface area contributed by atoms with Crippen LogP contribution in [0.15, 0.2) is 215 Å². The summed E-state index contributed by atoms with van der Waals surface area (Å²) in [6.45, 7) is 0. The second-order valence-corrected chi connectivity index (χ2v) is 18.5. The van der Waals surface area contributed by atoms with Gasteiger partial charge in [0.05, 0.1) is 0 Å². The van der Waals surface area contributed by atoms with Crippen LogP contribution in [0.3, 0.4) is 0 Å². The van der Waals surface area contributed by atoms with Crippen molar-refractivity contribution in [2.24, 2.45) is 0 Å². The Labute approximate surface area is 384 Å². The Morgan fingerprint density at radius 2 is 0.557 bits per heavy atom. The summed E-state index contributed by atoms with van der Waals surface area (Å²) >= 11 is 6.39. The minimum Gasteiger partial charge on any atom is -0.472 e. The monoisotopic (exact) mass is 1020 g/mol. The Kier molecular flexibility index (Phi) is 19.1. The lowest BCUT2D eigenvalue weighted by Gasteiger charge is -2.15. The normalized spacial score (nSPS) is 11.0. The molecular formula is C48H38Br2O6P4S. The second kappa shape index (κ2) is 25.4. The molecule has 0 N–H and O–H groups in total. The molecule has 13 heteroatoms. The minimum atomic E-state index is -0.750. The van der Waals surface area contributed by atoms with E-state index < -0.39 is 11.6 Å². The smallest absolute Gasteiger partial charge is 0.335 e. The van der Waals surface area contributed by atoms with Crippen molar-refractivity contribution in [1.29, 1.82) is 0 Å². The van der Waals surface area contributed by atoms with Crippen molar-refractivity contribution in [2.45, 2.75) is 0 Å². The zero-order valence-electron chi connectivity index (χ0n) is 32.2. The van der Waals surface area contributed by atoms with Gasteiger partial charge in [-0.05, 0) is 48.5 Å². The molecule has 4 unspecified atom stereocenters. The third-order valence-corrected chi connectivity index (χ3v) is 13.0. The van der Waals surface area contributed by atoms with Gasteiger partial charge in [0.1, 0.15) is 58.2 Å². The van der Waals surface area contributed by atoms with Gasteiger partial charge in [0, 0.05) is 52.4 Å². The van der Waals surface area contributed by atoms with Gasteiger partial charge in [-0.15, -0.1) is 0 Å². The molecule has 8 aromatic carbocycles. The van der Waals surface area contributed by atoms with Crippen LogP contribution in [-0.4, -0.2) is 8.42 Å². The highest BCUT2D eigenvalue weighted by Gasteiger charge is 2.15. The SMILES string of the molecule is Brc1ccc(-c2ccccc2OPc2ccccc2)c(OPc2ccccc2)c1.Brc1ccc(-c2ccccc2OPc2ccccc2)c(OPc2ccccc2)c1.O=S=O. The lowest BCUT2D eigenvalue weighted by molar-refractivity contribution is 0.630. The van der Waals surface area contributed by atoms with Gasteiger partial charge in [-0.1, -0.05) is 190 Å². The highest BCUT2D eigenvalue weighted by Crippen LogP contribution is 2.43. The maximum Gasteiger partial charge on any atom is 0.335 e. The molecule has 4 atom stereocenters. The number of para-hydroxylation sites is 2. The molecule has 0 aliphatic heterocycles. The van der Waals surface area contributed by atoms with Gasteiger partial charge >= 0.3 is 11.6 Å². The third kappa shape index (κ3) is 14.8. The summed E-state index contributed by atoms with van der Waals surface area (Å²) < 4.78 is 43.4. The largest absolute Gasteiger partial charge is 0.472 e. The molecule has 0 aromatic heterocycles. The summed E-state index contributed by atoms with van der Waals surface area (Å²) in [6, 6.07) is 69.4. The van der Waals surface area contributed by atoms with E-state index in [1.807, 2.05) is 133 Å². The number of halogens is 2. The topological polar surface area (TPSA) is 71.1 Å². The molecular weight excluding hydrogens is 988 g/mol. The zero-order valence-corrected chi connectivity index (χ0v) is 40.2. The molecule has 0 aliphatic rings. The summed E-state index contributed by atoms with van der Waals surface area (Å²) in [5.74, 6) is 3.37. The molecule has 306 valence electrons. The van der Waals surface area contributed by atoms with Crippen LogP contribution in [-0.2, 0) is 11.6 Å². The summed E-state index contributed by atoms with van der Waals surface area (Å²) in [4.78, 5) is 0. The van der Waals surface area contributed by atoms with Crippen molar-refractivity contribution in [3.05, 3.63) is 215 Å². The van der Waals surface area contributed by atoms with Gasteiger partial charge in [0.25, 0.3) is 0 Å². The molecule has 0 amide bonds. The fourth-order valence-corrected chi connectivity index (χ4v) is 9.24. The Bertz CT molecular complexity index is 2430. The molecule has 0 spiro atoms. The van der Waals surface area contributed by atoms with Crippen molar-refractivity contribution in [3.63, 3.8) is 0 Å². The molecule has 0 saturated carbocycles. The van der Waals surface area contributed by atoms with E-state index in [-0.39, 0.29) is 35.2 Å². The Morgan fingerprint density at radius 1 is 0.311 bits per heavy atom. The fraction of sp³-hybridized carbons (Fsp3) is 0. The molecule has 6 nitrogen and oxygen atoms in total. The van der Waals surface area contributed by atoms with Crippen LogP contribution in [0.5, 0.6) is 23.0 Å². The van der Waals surface area contributed by atoms with Crippen LogP contribution < -0.4 is 39.3 Å². The van der Waals surface area contributed by atoms with Gasteiger partial charge < -0.3 is 18.1 Å². The van der Waals surface area contributed by atoms with Crippen LogP contribution in [0.25, 0.3) is 22.3 Å². The molecule has 0 bridgehead atoms. The molecule has 8 rings (SSSR count). The van der Waals surface area contributed by atoms with E-state index in [2.05, 4.69) is 105 Å². The first-order chi connectivity index (χ1) is 30.0. The van der Waals surface area contributed by atoms with Crippen molar-refractivity contribution in [3.8, 4) is 45.3 Å². The molecule has 0 fully saturated rings. The number of rotatable bonds is 14. The molecule has 0 saturated heterocycles. The first-order valence-electron chi connectivity index (χ1n) is 18.6. The number of hydrogen-bond acceptors (Lipinski definition) is 6. The average Bonchev–Trinajstić information content (AvgIpc) is 3.31. The van der Waals surface area contributed by atoms with E-state index in [9.17, 15) is 0 Å². The van der Waals surface area contributed by atoms with Gasteiger partial charge in [-0.3, -0.25) is 0 Å². The van der Waals surface area contributed by atoms with Crippen LogP contribution in [0.4, 0.5) is 0 Å². The predicted octanol–water partition coefficient (Wildman–Crippen LogP) is 12.8. The fourth-order valence-electron chi connectivity index (χ4n) is 5.64. The quantitative estimate of drug-likeness (QED) is 0.101. The molecule has 61 heavy (non-hydrogen) atoms. The molecule has 0 aliphatic carbocycles. The van der Waals surface area contributed by atoms with Crippen LogP contribution in [0.1, 0.15) is 0 Å². The number of benzene rings is 8. The maximum atomic E-state index is 8.29. The zero-order chi connectivity index (χ0) is 42.5. The Balaban J connectivity index is 0.000000192. The summed E-state index contributed by atoms with van der Waals surface area (Å²) in [7, 11) is 0.965.